The molecule has 2 N–H and O–H groups in total. The van der Waals surface area contributed by atoms with Crippen molar-refractivity contribution < 1.29 is 4.74 Å². The van der Waals surface area contributed by atoms with Crippen molar-refractivity contribution in [3.05, 3.63) is 28.3 Å². The summed E-state index contributed by atoms with van der Waals surface area (Å²) in [5.74, 6) is 0.862. The van der Waals surface area contributed by atoms with Gasteiger partial charge in [0.15, 0.2) is 0 Å². The van der Waals surface area contributed by atoms with E-state index in [4.69, 9.17) is 22.1 Å². The molecular weight excluding hydrogens is 222 g/mol. The Morgan fingerprint density at radius 1 is 1.25 bits per heavy atom. The van der Waals surface area contributed by atoms with Crippen LogP contribution in [0.1, 0.15) is 25.0 Å². The Morgan fingerprint density at radius 3 is 2.19 bits per heavy atom. The molecule has 0 atom stereocenters. The van der Waals surface area contributed by atoms with Crippen molar-refractivity contribution in [2.24, 2.45) is 11.1 Å². The second-order valence-corrected chi connectivity index (χ2v) is 5.41. The summed E-state index contributed by atoms with van der Waals surface area (Å²) in [6, 6.07) is 3.92. The Morgan fingerprint density at radius 2 is 1.75 bits per heavy atom. The second kappa shape index (κ2) is 5.07. The number of halogens is 1. The normalized spacial score (nSPS) is 11.6. The third-order valence-corrected chi connectivity index (χ3v) is 3.19. The third kappa shape index (κ3) is 3.39. The molecule has 3 heteroatoms. The van der Waals surface area contributed by atoms with Gasteiger partial charge in [-0.2, -0.15) is 0 Å². The molecule has 0 bridgehead atoms. The summed E-state index contributed by atoms with van der Waals surface area (Å²) in [6.07, 6.45) is 0. The number of nitrogens with two attached hydrogens (primary N) is 1. The summed E-state index contributed by atoms with van der Waals surface area (Å²) in [7, 11) is 0. The van der Waals surface area contributed by atoms with Crippen LogP contribution in [0.25, 0.3) is 0 Å². The van der Waals surface area contributed by atoms with Gasteiger partial charge in [-0.15, -0.1) is 0 Å². The SMILES string of the molecule is Cc1cc(OCC(C)(C)CN)cc(C)c1Cl. The minimum atomic E-state index is 0.00143. The fraction of sp³-hybridized carbons (Fsp3) is 0.538. The van der Waals surface area contributed by atoms with E-state index in [1.54, 1.807) is 0 Å². The van der Waals surface area contributed by atoms with Gasteiger partial charge in [0.25, 0.3) is 0 Å². The Hall–Kier alpha value is -0.730. The summed E-state index contributed by atoms with van der Waals surface area (Å²) in [4.78, 5) is 0. The summed E-state index contributed by atoms with van der Waals surface area (Å²) in [5.41, 5.74) is 7.74. The van der Waals surface area contributed by atoms with Crippen molar-refractivity contribution in [3.63, 3.8) is 0 Å². The molecule has 0 spiro atoms. The molecular formula is C13H20ClNO. The molecule has 1 rings (SSSR count). The number of benzene rings is 1. The lowest BCUT2D eigenvalue weighted by molar-refractivity contribution is 0.187. The molecule has 1 aromatic carbocycles. The molecule has 0 unspecified atom stereocenters. The summed E-state index contributed by atoms with van der Waals surface area (Å²) >= 11 is 6.09. The molecule has 90 valence electrons. The van der Waals surface area contributed by atoms with E-state index in [0.29, 0.717) is 13.2 Å². The highest BCUT2D eigenvalue weighted by molar-refractivity contribution is 6.32. The maximum atomic E-state index is 6.09. The molecule has 0 amide bonds. The average molecular weight is 242 g/mol. The maximum absolute atomic E-state index is 6.09. The number of rotatable bonds is 4. The molecule has 0 aliphatic heterocycles. The highest BCUT2D eigenvalue weighted by Gasteiger charge is 2.16. The topological polar surface area (TPSA) is 35.2 Å². The van der Waals surface area contributed by atoms with Crippen LogP contribution in [-0.4, -0.2) is 13.2 Å². The van der Waals surface area contributed by atoms with Crippen LogP contribution in [0.5, 0.6) is 5.75 Å². The van der Waals surface area contributed by atoms with E-state index in [1.807, 2.05) is 26.0 Å². The van der Waals surface area contributed by atoms with Gasteiger partial charge >= 0.3 is 0 Å². The van der Waals surface area contributed by atoms with Crippen molar-refractivity contribution in [1.82, 2.24) is 0 Å². The smallest absolute Gasteiger partial charge is 0.119 e. The van der Waals surface area contributed by atoms with Gasteiger partial charge < -0.3 is 10.5 Å². The highest BCUT2D eigenvalue weighted by atomic mass is 35.5. The molecule has 0 aromatic heterocycles. The second-order valence-electron chi connectivity index (χ2n) is 5.03. The lowest BCUT2D eigenvalue weighted by atomic mass is 9.95. The van der Waals surface area contributed by atoms with Crippen LogP contribution in [0, 0.1) is 19.3 Å². The zero-order valence-electron chi connectivity index (χ0n) is 10.4. The van der Waals surface area contributed by atoms with Gasteiger partial charge in [-0.25, -0.2) is 0 Å². The van der Waals surface area contributed by atoms with E-state index in [0.717, 1.165) is 21.9 Å². The molecule has 0 radical (unpaired) electrons. The van der Waals surface area contributed by atoms with Crippen LogP contribution >= 0.6 is 11.6 Å². The van der Waals surface area contributed by atoms with Crippen LogP contribution in [0.15, 0.2) is 12.1 Å². The first-order chi connectivity index (χ1) is 7.35. The van der Waals surface area contributed by atoms with Crippen molar-refractivity contribution in [1.29, 1.82) is 0 Å². The lowest BCUT2D eigenvalue weighted by Crippen LogP contribution is -2.30. The van der Waals surface area contributed by atoms with Gasteiger partial charge in [0.2, 0.25) is 0 Å². The zero-order valence-corrected chi connectivity index (χ0v) is 11.2. The monoisotopic (exact) mass is 241 g/mol. The minimum absolute atomic E-state index is 0.00143. The van der Waals surface area contributed by atoms with Crippen LogP contribution in [-0.2, 0) is 0 Å². The van der Waals surface area contributed by atoms with Crippen molar-refractivity contribution >= 4 is 11.6 Å². The van der Waals surface area contributed by atoms with Gasteiger partial charge in [-0.3, -0.25) is 0 Å². The maximum Gasteiger partial charge on any atom is 0.119 e. The first-order valence-electron chi connectivity index (χ1n) is 5.45. The molecule has 0 aliphatic rings. The molecule has 0 saturated carbocycles. The third-order valence-electron chi connectivity index (χ3n) is 2.59. The predicted octanol–water partition coefficient (Wildman–Crippen LogP) is 3.32. The van der Waals surface area contributed by atoms with E-state index < -0.39 is 0 Å². The fourth-order valence-electron chi connectivity index (χ4n) is 1.33. The zero-order chi connectivity index (χ0) is 12.3. The van der Waals surface area contributed by atoms with Crippen LogP contribution in [0.4, 0.5) is 0 Å². The summed E-state index contributed by atoms with van der Waals surface area (Å²) in [6.45, 7) is 9.36. The molecule has 0 saturated heterocycles. The first kappa shape index (κ1) is 13.3. The molecule has 16 heavy (non-hydrogen) atoms. The fourth-order valence-corrected chi connectivity index (χ4v) is 1.44. The van der Waals surface area contributed by atoms with Gasteiger partial charge in [0.1, 0.15) is 5.75 Å². The van der Waals surface area contributed by atoms with Gasteiger partial charge in [0, 0.05) is 17.0 Å². The first-order valence-corrected chi connectivity index (χ1v) is 5.83. The number of aryl methyl sites for hydroxylation is 2. The standard InChI is InChI=1S/C13H20ClNO/c1-9-5-11(6-10(2)12(9)14)16-8-13(3,4)7-15/h5-6H,7-8,15H2,1-4H3. The molecule has 0 heterocycles. The molecule has 0 aliphatic carbocycles. The van der Waals surface area contributed by atoms with Gasteiger partial charge in [0.05, 0.1) is 6.61 Å². The number of ether oxygens (including phenoxy) is 1. The van der Waals surface area contributed by atoms with E-state index in [9.17, 15) is 0 Å². The van der Waals surface area contributed by atoms with E-state index in [-0.39, 0.29) is 5.41 Å². The van der Waals surface area contributed by atoms with Crippen LogP contribution in [0.3, 0.4) is 0 Å². The van der Waals surface area contributed by atoms with E-state index >= 15 is 0 Å². The summed E-state index contributed by atoms with van der Waals surface area (Å²) in [5, 5.41) is 0.811. The largest absolute Gasteiger partial charge is 0.493 e. The van der Waals surface area contributed by atoms with E-state index in [2.05, 4.69) is 13.8 Å². The highest BCUT2D eigenvalue weighted by Crippen LogP contribution is 2.27. The Bertz CT molecular complexity index is 351. The van der Waals surface area contributed by atoms with Crippen molar-refractivity contribution in [3.8, 4) is 5.75 Å². The van der Waals surface area contributed by atoms with E-state index in [1.165, 1.54) is 0 Å². The lowest BCUT2D eigenvalue weighted by Gasteiger charge is -2.22. The van der Waals surface area contributed by atoms with Gasteiger partial charge in [-0.1, -0.05) is 25.4 Å². The van der Waals surface area contributed by atoms with Crippen LogP contribution in [0.2, 0.25) is 5.02 Å². The Kier molecular flexibility index (Phi) is 4.22. The average Bonchev–Trinajstić information content (AvgIpc) is 2.23. The van der Waals surface area contributed by atoms with Crippen molar-refractivity contribution in [2.45, 2.75) is 27.7 Å². The summed E-state index contributed by atoms with van der Waals surface area (Å²) < 4.78 is 5.74. The number of hydrogen-bond donors (Lipinski definition) is 1. The Labute approximate surface area is 103 Å². The quantitative estimate of drug-likeness (QED) is 0.878. The van der Waals surface area contributed by atoms with Gasteiger partial charge in [-0.05, 0) is 37.1 Å². The molecule has 0 fully saturated rings. The predicted molar refractivity (Wildman–Crippen MR) is 69.3 cm³/mol. The molecule has 1 aromatic rings. The molecule has 2 nitrogen and oxygen atoms in total. The Balaban J connectivity index is 2.76. The number of hydrogen-bond acceptors (Lipinski definition) is 2. The minimum Gasteiger partial charge on any atom is -0.493 e. The van der Waals surface area contributed by atoms with Crippen LogP contribution < -0.4 is 10.5 Å². The van der Waals surface area contributed by atoms with Crippen molar-refractivity contribution in [2.75, 3.05) is 13.2 Å².